The molecular formula is C12H23NO3. The van der Waals surface area contributed by atoms with E-state index in [2.05, 4.69) is 5.32 Å². The van der Waals surface area contributed by atoms with Gasteiger partial charge in [-0.1, -0.05) is 26.7 Å². The summed E-state index contributed by atoms with van der Waals surface area (Å²) in [5.74, 6) is -0.804. The van der Waals surface area contributed by atoms with Gasteiger partial charge in [0, 0.05) is 13.2 Å². The highest BCUT2D eigenvalue weighted by Gasteiger charge is 2.43. The van der Waals surface area contributed by atoms with Gasteiger partial charge in [0.25, 0.3) is 0 Å². The lowest BCUT2D eigenvalue weighted by molar-refractivity contribution is -0.150. The van der Waals surface area contributed by atoms with Crippen molar-refractivity contribution < 1.29 is 14.6 Å². The molecule has 0 aromatic carbocycles. The minimum Gasteiger partial charge on any atom is -0.480 e. The maximum absolute atomic E-state index is 11.5. The van der Waals surface area contributed by atoms with Crippen molar-refractivity contribution in [3.05, 3.63) is 0 Å². The lowest BCUT2D eigenvalue weighted by Crippen LogP contribution is -2.61. The lowest BCUT2D eigenvalue weighted by atomic mass is 9.86. The molecule has 1 aliphatic rings. The molecule has 1 aliphatic carbocycles. The minimum absolute atomic E-state index is 0.00514. The monoisotopic (exact) mass is 229 g/mol. The summed E-state index contributed by atoms with van der Waals surface area (Å²) >= 11 is 0. The third kappa shape index (κ3) is 2.74. The summed E-state index contributed by atoms with van der Waals surface area (Å²) in [4.78, 5) is 11.5. The number of methoxy groups -OCH3 is 1. The second-order valence-corrected chi connectivity index (χ2v) is 4.99. The maximum atomic E-state index is 11.5. The Kier molecular flexibility index (Phi) is 4.74. The number of hydrogen-bond acceptors (Lipinski definition) is 3. The molecule has 0 heterocycles. The Hall–Kier alpha value is -0.610. The fraction of sp³-hybridized carbons (Fsp3) is 0.917. The van der Waals surface area contributed by atoms with Crippen LogP contribution in [0.15, 0.2) is 0 Å². The molecule has 0 aliphatic heterocycles. The molecule has 4 heteroatoms. The molecule has 0 bridgehead atoms. The third-order valence-corrected chi connectivity index (χ3v) is 3.56. The number of carboxylic acid groups (broad SMARTS) is 1. The summed E-state index contributed by atoms with van der Waals surface area (Å²) in [7, 11) is 1.55. The molecule has 94 valence electrons. The zero-order valence-corrected chi connectivity index (χ0v) is 10.5. The maximum Gasteiger partial charge on any atom is 0.326 e. The van der Waals surface area contributed by atoms with Gasteiger partial charge in [-0.25, -0.2) is 0 Å². The first-order valence-corrected chi connectivity index (χ1v) is 6.03. The molecule has 0 aromatic rings. The van der Waals surface area contributed by atoms with E-state index in [0.29, 0.717) is 6.04 Å². The molecule has 1 rings (SSSR count). The van der Waals surface area contributed by atoms with Crippen LogP contribution in [0, 0.1) is 5.92 Å². The molecule has 1 saturated carbocycles. The largest absolute Gasteiger partial charge is 0.480 e. The van der Waals surface area contributed by atoms with Crippen LogP contribution in [-0.4, -0.2) is 36.4 Å². The highest BCUT2D eigenvalue weighted by atomic mass is 16.5. The van der Waals surface area contributed by atoms with Crippen LogP contribution < -0.4 is 5.32 Å². The van der Waals surface area contributed by atoms with E-state index in [-0.39, 0.29) is 12.5 Å². The van der Waals surface area contributed by atoms with Crippen LogP contribution >= 0.6 is 0 Å². The van der Waals surface area contributed by atoms with E-state index in [1.165, 1.54) is 12.8 Å². The SMILES string of the molecule is COCC(NC1CCCC1)(C(=O)O)C(C)C. The van der Waals surface area contributed by atoms with Gasteiger partial charge in [0.1, 0.15) is 5.54 Å². The normalized spacial score (nSPS) is 21.2. The fourth-order valence-electron chi connectivity index (χ4n) is 2.41. The van der Waals surface area contributed by atoms with Crippen LogP contribution in [0.4, 0.5) is 0 Å². The quantitative estimate of drug-likeness (QED) is 0.727. The number of carboxylic acids is 1. The standard InChI is InChI=1S/C12H23NO3/c1-9(2)12(8-16-3,11(14)15)13-10-6-4-5-7-10/h9-10,13H,4-8H2,1-3H3,(H,14,15). The van der Waals surface area contributed by atoms with Gasteiger partial charge in [-0.15, -0.1) is 0 Å². The van der Waals surface area contributed by atoms with Crippen molar-refractivity contribution in [1.82, 2.24) is 5.32 Å². The summed E-state index contributed by atoms with van der Waals surface area (Å²) in [6.07, 6.45) is 4.54. The average Bonchev–Trinajstić information content (AvgIpc) is 2.68. The fourth-order valence-corrected chi connectivity index (χ4v) is 2.41. The van der Waals surface area contributed by atoms with E-state index < -0.39 is 11.5 Å². The van der Waals surface area contributed by atoms with Crippen molar-refractivity contribution in [1.29, 1.82) is 0 Å². The van der Waals surface area contributed by atoms with Crippen molar-refractivity contribution in [2.24, 2.45) is 5.92 Å². The van der Waals surface area contributed by atoms with Crippen LogP contribution in [0.5, 0.6) is 0 Å². The first kappa shape index (κ1) is 13.5. The summed E-state index contributed by atoms with van der Waals surface area (Å²) in [6.45, 7) is 4.07. The Morgan fingerprint density at radius 1 is 1.50 bits per heavy atom. The molecule has 0 spiro atoms. The lowest BCUT2D eigenvalue weighted by Gasteiger charge is -2.36. The van der Waals surface area contributed by atoms with Crippen LogP contribution in [-0.2, 0) is 9.53 Å². The molecule has 1 unspecified atom stereocenters. The van der Waals surface area contributed by atoms with E-state index in [4.69, 9.17) is 4.74 Å². The van der Waals surface area contributed by atoms with Gasteiger partial charge in [-0.2, -0.15) is 0 Å². The summed E-state index contributed by atoms with van der Waals surface area (Å²) in [6, 6.07) is 0.327. The number of aliphatic carboxylic acids is 1. The number of hydrogen-bond donors (Lipinski definition) is 2. The molecular weight excluding hydrogens is 206 g/mol. The van der Waals surface area contributed by atoms with Gasteiger partial charge in [-0.05, 0) is 18.8 Å². The van der Waals surface area contributed by atoms with E-state index >= 15 is 0 Å². The van der Waals surface area contributed by atoms with Crippen LogP contribution in [0.25, 0.3) is 0 Å². The van der Waals surface area contributed by atoms with Crippen molar-refractivity contribution in [2.45, 2.75) is 51.1 Å². The minimum atomic E-state index is -0.941. The molecule has 16 heavy (non-hydrogen) atoms. The van der Waals surface area contributed by atoms with Gasteiger partial charge in [-0.3, -0.25) is 10.1 Å². The molecule has 2 N–H and O–H groups in total. The van der Waals surface area contributed by atoms with Gasteiger partial charge in [0.05, 0.1) is 6.61 Å². The predicted molar refractivity (Wildman–Crippen MR) is 62.5 cm³/mol. The molecule has 4 nitrogen and oxygen atoms in total. The highest BCUT2D eigenvalue weighted by molar-refractivity contribution is 5.79. The zero-order chi connectivity index (χ0) is 12.2. The number of nitrogens with one attached hydrogen (secondary N) is 1. The molecule has 0 saturated heterocycles. The van der Waals surface area contributed by atoms with Gasteiger partial charge in [0.15, 0.2) is 0 Å². The molecule has 0 aromatic heterocycles. The average molecular weight is 229 g/mol. The molecule has 0 radical (unpaired) electrons. The van der Waals surface area contributed by atoms with Crippen LogP contribution in [0.1, 0.15) is 39.5 Å². The van der Waals surface area contributed by atoms with Crippen molar-refractivity contribution in [3.8, 4) is 0 Å². The Bertz CT molecular complexity index is 236. The Morgan fingerprint density at radius 2 is 2.06 bits per heavy atom. The predicted octanol–water partition coefficient (Wildman–Crippen LogP) is 1.64. The third-order valence-electron chi connectivity index (χ3n) is 3.56. The Labute approximate surface area is 97.4 Å². The molecule has 1 fully saturated rings. The van der Waals surface area contributed by atoms with Crippen molar-refractivity contribution in [3.63, 3.8) is 0 Å². The number of carbonyl (C=O) groups is 1. The van der Waals surface area contributed by atoms with Crippen LogP contribution in [0.3, 0.4) is 0 Å². The van der Waals surface area contributed by atoms with E-state index in [1.54, 1.807) is 7.11 Å². The molecule has 1 atom stereocenters. The van der Waals surface area contributed by atoms with E-state index in [9.17, 15) is 9.90 Å². The number of rotatable bonds is 6. The van der Waals surface area contributed by atoms with Gasteiger partial charge >= 0.3 is 5.97 Å². The van der Waals surface area contributed by atoms with Crippen molar-refractivity contribution >= 4 is 5.97 Å². The van der Waals surface area contributed by atoms with Crippen molar-refractivity contribution in [2.75, 3.05) is 13.7 Å². The van der Waals surface area contributed by atoms with Gasteiger partial charge in [0.2, 0.25) is 0 Å². The Morgan fingerprint density at radius 3 is 2.44 bits per heavy atom. The first-order valence-electron chi connectivity index (χ1n) is 6.03. The smallest absolute Gasteiger partial charge is 0.326 e. The summed E-state index contributed by atoms with van der Waals surface area (Å²) < 4.78 is 5.10. The second-order valence-electron chi connectivity index (χ2n) is 4.99. The topological polar surface area (TPSA) is 58.6 Å². The summed E-state index contributed by atoms with van der Waals surface area (Å²) in [5.41, 5.74) is -0.941. The van der Waals surface area contributed by atoms with Gasteiger partial charge < -0.3 is 9.84 Å². The zero-order valence-electron chi connectivity index (χ0n) is 10.5. The molecule has 0 amide bonds. The number of ether oxygens (including phenoxy) is 1. The summed E-state index contributed by atoms with van der Waals surface area (Å²) in [5, 5.41) is 12.7. The van der Waals surface area contributed by atoms with E-state index in [1.807, 2.05) is 13.8 Å². The second kappa shape index (κ2) is 5.64. The first-order chi connectivity index (χ1) is 7.53. The highest BCUT2D eigenvalue weighted by Crippen LogP contribution is 2.25. The van der Waals surface area contributed by atoms with Crippen LogP contribution in [0.2, 0.25) is 0 Å². The Balaban J connectivity index is 2.77. The van der Waals surface area contributed by atoms with E-state index in [0.717, 1.165) is 12.8 Å².